The van der Waals surface area contributed by atoms with Crippen molar-refractivity contribution < 1.29 is 24.2 Å². The predicted octanol–water partition coefficient (Wildman–Crippen LogP) is 6.06. The van der Waals surface area contributed by atoms with Crippen LogP contribution in [0.4, 0.5) is 11.4 Å². The molecule has 290 valence electrons. The van der Waals surface area contributed by atoms with Gasteiger partial charge in [0.25, 0.3) is 5.91 Å². The van der Waals surface area contributed by atoms with Crippen molar-refractivity contribution in [2.75, 3.05) is 62.7 Å². The Morgan fingerprint density at radius 2 is 1.43 bits per heavy atom. The molecule has 10 nitrogen and oxygen atoms in total. The number of nitrogens with one attached hydrogen (secondary N) is 1. The molecule has 10 heteroatoms. The number of hydrogen-bond donors (Lipinski definition) is 2. The number of piperazine rings is 1. The Labute approximate surface area is 329 Å². The summed E-state index contributed by atoms with van der Waals surface area (Å²) >= 11 is 0. The van der Waals surface area contributed by atoms with Crippen molar-refractivity contribution in [3.8, 4) is 11.5 Å². The minimum Gasteiger partial charge on any atom is -0.508 e. The van der Waals surface area contributed by atoms with E-state index < -0.39 is 6.04 Å². The number of fused-ring (bicyclic) bond motifs is 2. The van der Waals surface area contributed by atoms with Gasteiger partial charge < -0.3 is 24.5 Å². The number of aryl methyl sites for hydroxylation is 1. The number of amides is 3. The van der Waals surface area contributed by atoms with Gasteiger partial charge in [-0.05, 0) is 126 Å². The van der Waals surface area contributed by atoms with Crippen molar-refractivity contribution in [2.45, 2.75) is 62.9 Å². The number of carbonyl (C=O) groups excluding carboxylic acids is 3. The maximum absolute atomic E-state index is 13.2. The van der Waals surface area contributed by atoms with E-state index in [1.54, 1.807) is 12.0 Å². The van der Waals surface area contributed by atoms with Crippen LogP contribution in [-0.4, -0.2) is 91.6 Å². The normalized spacial score (nSPS) is 23.2. The Morgan fingerprint density at radius 3 is 2.16 bits per heavy atom. The Morgan fingerprint density at radius 1 is 0.714 bits per heavy atom. The Hall–Kier alpha value is -5.35. The van der Waals surface area contributed by atoms with Crippen molar-refractivity contribution in [3.63, 3.8) is 0 Å². The van der Waals surface area contributed by atoms with Crippen LogP contribution < -0.4 is 19.9 Å². The molecule has 1 unspecified atom stereocenters. The topological polar surface area (TPSA) is 106 Å². The molecule has 4 aromatic carbocycles. The van der Waals surface area contributed by atoms with Gasteiger partial charge in [-0.1, -0.05) is 30.3 Å². The number of nitrogens with zero attached hydrogens (tertiary/aromatic N) is 4. The van der Waals surface area contributed by atoms with Gasteiger partial charge in [0.15, 0.2) is 0 Å². The van der Waals surface area contributed by atoms with Gasteiger partial charge in [0.2, 0.25) is 11.8 Å². The first-order chi connectivity index (χ1) is 27.3. The average molecular weight is 754 g/mol. The quantitative estimate of drug-likeness (QED) is 0.210. The summed E-state index contributed by atoms with van der Waals surface area (Å²) in [6.45, 7) is 7.58. The first kappa shape index (κ1) is 36.3. The summed E-state index contributed by atoms with van der Waals surface area (Å²) < 4.78 is 5.45. The van der Waals surface area contributed by atoms with Crippen molar-refractivity contribution >= 4 is 29.1 Å². The van der Waals surface area contributed by atoms with E-state index in [9.17, 15) is 19.5 Å². The van der Waals surface area contributed by atoms with Crippen LogP contribution in [-0.2, 0) is 22.6 Å². The number of anilines is 2. The van der Waals surface area contributed by atoms with Crippen LogP contribution in [0.1, 0.15) is 82.1 Å². The fourth-order valence-electron chi connectivity index (χ4n) is 10.0. The summed E-state index contributed by atoms with van der Waals surface area (Å²) in [6.07, 6.45) is 4.99. The van der Waals surface area contributed by atoms with Gasteiger partial charge in [-0.2, -0.15) is 0 Å². The fraction of sp³-hybridized carbons (Fsp3) is 0.413. The van der Waals surface area contributed by atoms with Gasteiger partial charge in [-0.15, -0.1) is 0 Å². The molecule has 3 saturated heterocycles. The van der Waals surface area contributed by atoms with Gasteiger partial charge in [0.05, 0.1) is 7.11 Å². The molecule has 1 aliphatic carbocycles. The maximum atomic E-state index is 13.2. The van der Waals surface area contributed by atoms with Gasteiger partial charge >= 0.3 is 0 Å². The van der Waals surface area contributed by atoms with Gasteiger partial charge in [-0.3, -0.25) is 24.6 Å². The molecular formula is C46H51N5O5. The number of phenols is 1. The largest absolute Gasteiger partial charge is 0.508 e. The molecule has 4 aromatic rings. The number of imide groups is 1. The fourth-order valence-corrected chi connectivity index (χ4v) is 10.0. The molecule has 3 amide bonds. The molecule has 0 bridgehead atoms. The highest BCUT2D eigenvalue weighted by Crippen LogP contribution is 2.47. The lowest BCUT2D eigenvalue weighted by Crippen LogP contribution is -2.52. The minimum atomic E-state index is -0.589. The Kier molecular flexibility index (Phi) is 9.91. The molecule has 2 N–H and O–H groups in total. The molecule has 56 heavy (non-hydrogen) atoms. The molecule has 5 aliphatic rings. The smallest absolute Gasteiger partial charge is 0.255 e. The van der Waals surface area contributed by atoms with E-state index in [2.05, 4.69) is 80.7 Å². The molecule has 0 saturated carbocycles. The summed E-state index contributed by atoms with van der Waals surface area (Å²) in [6, 6.07) is 29.2. The lowest BCUT2D eigenvalue weighted by atomic mass is 9.69. The molecule has 4 aliphatic heterocycles. The molecular weight excluding hydrogens is 703 g/mol. The van der Waals surface area contributed by atoms with E-state index >= 15 is 0 Å². The molecule has 3 fully saturated rings. The lowest BCUT2D eigenvalue weighted by Gasteiger charge is -2.40. The molecule has 0 aromatic heterocycles. The van der Waals surface area contributed by atoms with Crippen molar-refractivity contribution in [1.82, 2.24) is 15.1 Å². The van der Waals surface area contributed by atoms with Crippen LogP contribution in [0.3, 0.4) is 0 Å². The number of benzene rings is 4. The number of piperidine rings is 2. The van der Waals surface area contributed by atoms with Crippen molar-refractivity contribution in [1.29, 1.82) is 0 Å². The van der Waals surface area contributed by atoms with E-state index in [1.165, 1.54) is 40.8 Å². The predicted molar refractivity (Wildman–Crippen MR) is 217 cm³/mol. The third-order valence-corrected chi connectivity index (χ3v) is 13.1. The summed E-state index contributed by atoms with van der Waals surface area (Å²) in [5.41, 5.74) is 9.23. The number of rotatable bonds is 8. The van der Waals surface area contributed by atoms with E-state index in [0.29, 0.717) is 36.1 Å². The van der Waals surface area contributed by atoms with Crippen molar-refractivity contribution in [3.05, 3.63) is 118 Å². The highest BCUT2D eigenvalue weighted by Gasteiger charge is 2.39. The maximum Gasteiger partial charge on any atom is 0.255 e. The summed E-state index contributed by atoms with van der Waals surface area (Å²) in [5, 5.41) is 12.7. The molecule has 3 atom stereocenters. The van der Waals surface area contributed by atoms with Gasteiger partial charge in [0.1, 0.15) is 17.5 Å². The summed E-state index contributed by atoms with van der Waals surface area (Å²) in [4.78, 5) is 46.5. The third kappa shape index (κ3) is 7.11. The lowest BCUT2D eigenvalue weighted by molar-refractivity contribution is -0.136. The van der Waals surface area contributed by atoms with E-state index in [-0.39, 0.29) is 30.1 Å². The molecule has 0 radical (unpaired) electrons. The standard InChI is InChI=1S/C46H51N5O5/c1-56-38-11-4-31(5-12-38)39-13-6-33-27-37(52)10-15-40(33)44(39)32-2-7-35(8-3-32)49-20-18-30(19-21-49)28-48-22-24-50(25-23-48)36-9-14-41-34(26-36)29-51(46(41)55)42-16-17-43(53)47-45(42)54/h2-5,7-12,14-15,26-27,30,39,42,44,52H,6,13,16-25,28-29H2,1H3,(H,47,53,54)/t39-,42?,44+/m1/s1. The zero-order chi connectivity index (χ0) is 38.3. The molecule has 9 rings (SSSR count). The second-order valence-electron chi connectivity index (χ2n) is 16.3. The van der Waals surface area contributed by atoms with Crippen LogP contribution in [0, 0.1) is 5.92 Å². The Balaban J connectivity index is 0.785. The highest BCUT2D eigenvalue weighted by atomic mass is 16.5. The molecule has 0 spiro atoms. The van der Waals surface area contributed by atoms with Crippen LogP contribution in [0.2, 0.25) is 0 Å². The number of ether oxygens (including phenoxy) is 1. The number of phenolic OH excluding ortho intramolecular Hbond substituents is 1. The monoisotopic (exact) mass is 753 g/mol. The van der Waals surface area contributed by atoms with Crippen LogP contribution >= 0.6 is 0 Å². The number of aromatic hydroxyl groups is 1. The summed E-state index contributed by atoms with van der Waals surface area (Å²) in [5.74, 6) is 1.69. The van der Waals surface area contributed by atoms with E-state index in [4.69, 9.17) is 4.74 Å². The summed E-state index contributed by atoms with van der Waals surface area (Å²) in [7, 11) is 1.71. The first-order valence-corrected chi connectivity index (χ1v) is 20.4. The second-order valence-corrected chi connectivity index (χ2v) is 16.3. The van der Waals surface area contributed by atoms with Crippen LogP contribution in [0.5, 0.6) is 11.5 Å². The third-order valence-electron chi connectivity index (χ3n) is 13.1. The van der Waals surface area contributed by atoms with Gasteiger partial charge in [0, 0.05) is 81.6 Å². The minimum absolute atomic E-state index is 0.124. The SMILES string of the molecule is COc1ccc([C@H]2CCc3cc(O)ccc3[C@H]2c2ccc(N3CCC(CN4CCN(c5ccc6c(c5)CN(C5CCC(=O)NC5=O)C6=O)CC4)CC3)cc2)cc1. The number of hydrogen-bond acceptors (Lipinski definition) is 8. The van der Waals surface area contributed by atoms with Crippen LogP contribution in [0.25, 0.3) is 0 Å². The van der Waals surface area contributed by atoms with Crippen molar-refractivity contribution in [2.24, 2.45) is 5.92 Å². The highest BCUT2D eigenvalue weighted by molar-refractivity contribution is 6.05. The Bertz CT molecular complexity index is 2100. The van der Waals surface area contributed by atoms with E-state index in [0.717, 1.165) is 75.7 Å². The van der Waals surface area contributed by atoms with E-state index in [1.807, 2.05) is 24.3 Å². The number of methoxy groups -OCH3 is 1. The zero-order valence-electron chi connectivity index (χ0n) is 32.2. The number of carbonyl (C=O) groups is 3. The van der Waals surface area contributed by atoms with Crippen LogP contribution in [0.15, 0.2) is 84.9 Å². The first-order valence-electron chi connectivity index (χ1n) is 20.4. The van der Waals surface area contributed by atoms with Gasteiger partial charge in [-0.25, -0.2) is 0 Å². The zero-order valence-corrected chi connectivity index (χ0v) is 32.2. The average Bonchev–Trinajstić information content (AvgIpc) is 3.55. The molecule has 4 heterocycles. The second kappa shape index (κ2) is 15.3.